The molecule has 0 amide bonds. The highest BCUT2D eigenvalue weighted by Crippen LogP contribution is 2.43. The van der Waals surface area contributed by atoms with Gasteiger partial charge in [0.05, 0.1) is 22.8 Å². The molecule has 0 atom stereocenters. The first-order valence-corrected chi connectivity index (χ1v) is 16.4. The number of aromatic amines is 2. The van der Waals surface area contributed by atoms with Gasteiger partial charge in [-0.3, -0.25) is 0 Å². The Balaban J connectivity index is 1.89. The van der Waals surface area contributed by atoms with Crippen molar-refractivity contribution in [2.24, 2.45) is 0 Å². The van der Waals surface area contributed by atoms with Gasteiger partial charge >= 0.3 is 0 Å². The maximum absolute atomic E-state index is 5.42. The molecule has 2 N–H and O–H groups in total. The van der Waals surface area contributed by atoms with E-state index in [1.807, 2.05) is 0 Å². The molecule has 2 aliphatic heterocycles. The molecule has 0 spiro atoms. The molecule has 5 heterocycles. The van der Waals surface area contributed by atoms with Crippen LogP contribution in [0.25, 0.3) is 55.5 Å². The molecule has 0 aliphatic carbocycles. The summed E-state index contributed by atoms with van der Waals surface area (Å²) in [4.78, 5) is 18.4. The molecule has 3 aromatic heterocycles. The van der Waals surface area contributed by atoms with Crippen LogP contribution in [0.3, 0.4) is 0 Å². The molecule has 2 aliphatic rings. The summed E-state index contributed by atoms with van der Waals surface area (Å²) in [6.07, 6.45) is 3.73. The van der Waals surface area contributed by atoms with Gasteiger partial charge < -0.3 is 9.97 Å². The van der Waals surface area contributed by atoms with Crippen molar-refractivity contribution >= 4 is 60.3 Å². The number of aryl methyl sites for hydroxylation is 4. The smallest absolute Gasteiger partial charge is 0.0769 e. The second kappa shape index (κ2) is 11.4. The topological polar surface area (TPSA) is 57.4 Å². The van der Waals surface area contributed by atoms with Gasteiger partial charge in [0, 0.05) is 32.1 Å². The van der Waals surface area contributed by atoms with E-state index in [2.05, 4.69) is 124 Å². The summed E-state index contributed by atoms with van der Waals surface area (Å²) in [5, 5.41) is 0. The van der Waals surface area contributed by atoms with Crippen LogP contribution in [0, 0.1) is 13.8 Å². The van der Waals surface area contributed by atoms with E-state index in [0.29, 0.717) is 0 Å². The Morgan fingerprint density at radius 3 is 1.42 bits per heavy atom. The Labute approximate surface area is 263 Å². The number of benzene rings is 1. The number of rotatable bonds is 5. The summed E-state index contributed by atoms with van der Waals surface area (Å²) >= 11 is 3.65. The molecule has 43 heavy (non-hydrogen) atoms. The van der Waals surface area contributed by atoms with E-state index in [1.165, 1.54) is 44.5 Å². The predicted molar refractivity (Wildman–Crippen MR) is 188 cm³/mol. The van der Waals surface area contributed by atoms with Gasteiger partial charge in [0.1, 0.15) is 0 Å². The molecule has 4 nitrogen and oxygen atoms in total. The number of H-pyrrole nitrogens is 2. The lowest BCUT2D eigenvalue weighted by atomic mass is 9.93. The molecule has 0 unspecified atom stereocenters. The van der Waals surface area contributed by atoms with Crippen molar-refractivity contribution in [3.63, 3.8) is 0 Å². The minimum Gasteiger partial charge on any atom is -0.355 e. The van der Waals surface area contributed by atoms with Crippen LogP contribution in [0.2, 0.25) is 0 Å². The monoisotopic (exact) mass is 632 g/mol. The van der Waals surface area contributed by atoms with Crippen molar-refractivity contribution in [3.8, 4) is 11.1 Å². The summed E-state index contributed by atoms with van der Waals surface area (Å²) in [6.45, 7) is 17.9. The fourth-order valence-electron chi connectivity index (χ4n) is 7.06. The van der Waals surface area contributed by atoms with E-state index in [1.54, 1.807) is 0 Å². The summed E-state index contributed by atoms with van der Waals surface area (Å²) < 4.78 is 1.06. The van der Waals surface area contributed by atoms with E-state index in [9.17, 15) is 0 Å². The molecule has 0 radical (unpaired) electrons. The van der Waals surface area contributed by atoms with Gasteiger partial charge in [0.15, 0.2) is 0 Å². The van der Waals surface area contributed by atoms with Gasteiger partial charge in [-0.15, -0.1) is 0 Å². The van der Waals surface area contributed by atoms with Crippen LogP contribution in [0.4, 0.5) is 0 Å². The third-order valence-electron chi connectivity index (χ3n) is 9.47. The molecule has 220 valence electrons. The summed E-state index contributed by atoms with van der Waals surface area (Å²) in [5.41, 5.74) is 21.3. The van der Waals surface area contributed by atoms with Gasteiger partial charge in [0.25, 0.3) is 0 Å². The number of halogens is 1. The second-order valence-electron chi connectivity index (χ2n) is 11.7. The van der Waals surface area contributed by atoms with Gasteiger partial charge in [-0.1, -0.05) is 55.8 Å². The summed E-state index contributed by atoms with van der Waals surface area (Å²) in [6, 6.07) is 15.4. The van der Waals surface area contributed by atoms with Crippen molar-refractivity contribution in [3.05, 3.63) is 92.0 Å². The van der Waals surface area contributed by atoms with E-state index >= 15 is 0 Å². The van der Waals surface area contributed by atoms with Gasteiger partial charge in [0.2, 0.25) is 0 Å². The van der Waals surface area contributed by atoms with E-state index in [0.717, 1.165) is 86.1 Å². The van der Waals surface area contributed by atoms with Crippen LogP contribution in [0.15, 0.2) is 46.9 Å². The molecule has 0 saturated carbocycles. The number of nitrogens with zero attached hydrogens (tertiary/aromatic N) is 2. The number of nitrogens with one attached hydrogen (secondary N) is 2. The maximum Gasteiger partial charge on any atom is 0.0769 e. The third-order valence-corrected chi connectivity index (χ3v) is 10.0. The Bertz CT molecular complexity index is 1880. The Morgan fingerprint density at radius 1 is 0.581 bits per heavy atom. The fraction of sp³-hybridized carbons (Fsp3) is 0.316. The highest BCUT2D eigenvalue weighted by molar-refractivity contribution is 9.10. The summed E-state index contributed by atoms with van der Waals surface area (Å²) in [7, 11) is 0. The molecule has 6 rings (SSSR count). The maximum atomic E-state index is 5.42. The van der Waals surface area contributed by atoms with Crippen LogP contribution in [0.5, 0.6) is 0 Å². The lowest BCUT2D eigenvalue weighted by molar-refractivity contribution is 1.14. The van der Waals surface area contributed by atoms with Crippen molar-refractivity contribution in [2.45, 2.75) is 81.1 Å². The molecule has 8 bridgehead atoms. The van der Waals surface area contributed by atoms with E-state index in [4.69, 9.17) is 9.97 Å². The molecular weight excluding hydrogens is 592 g/mol. The quantitative estimate of drug-likeness (QED) is 0.230. The number of hydrogen-bond acceptors (Lipinski definition) is 2. The van der Waals surface area contributed by atoms with Crippen molar-refractivity contribution in [1.82, 2.24) is 19.9 Å². The van der Waals surface area contributed by atoms with Crippen LogP contribution < -0.4 is 0 Å². The highest BCUT2D eigenvalue weighted by atomic mass is 79.9. The lowest BCUT2D eigenvalue weighted by Crippen LogP contribution is -1.93. The number of allylic oxidation sites excluding steroid dienone is 4. The standard InChI is InChI=1S/C38H41BrN4/c1-9-26-20(5)30-17-31-21(6)27(10-2)33(41-31)19-35-29(12-4)23(8)38(43-35)36(24-13-15-25(39)16-14-24)37-22(7)28(11-3)34(42-37)18-32(26)40-30/h13-19,40-41H,9-12H2,1-8H3. The van der Waals surface area contributed by atoms with Crippen LogP contribution in [-0.4, -0.2) is 19.9 Å². The Morgan fingerprint density at radius 2 is 1.02 bits per heavy atom. The van der Waals surface area contributed by atoms with Crippen molar-refractivity contribution < 1.29 is 0 Å². The minimum absolute atomic E-state index is 0.912. The van der Waals surface area contributed by atoms with E-state index < -0.39 is 0 Å². The van der Waals surface area contributed by atoms with Crippen LogP contribution in [0.1, 0.15) is 99.4 Å². The number of fused-ring (bicyclic) bond motifs is 8. The number of aromatic nitrogens is 4. The zero-order valence-corrected chi connectivity index (χ0v) is 28.2. The average molecular weight is 634 g/mol. The molecule has 5 heteroatoms. The largest absolute Gasteiger partial charge is 0.355 e. The lowest BCUT2D eigenvalue weighted by Gasteiger charge is -2.10. The molecule has 1 aromatic carbocycles. The highest BCUT2D eigenvalue weighted by Gasteiger charge is 2.26. The van der Waals surface area contributed by atoms with E-state index in [-0.39, 0.29) is 0 Å². The number of hydrogen-bond donors (Lipinski definition) is 2. The first-order valence-electron chi connectivity index (χ1n) is 15.6. The molecule has 0 saturated heterocycles. The second-order valence-corrected chi connectivity index (χ2v) is 12.7. The minimum atomic E-state index is 0.912. The van der Waals surface area contributed by atoms with Gasteiger partial charge in [-0.05, 0) is 134 Å². The third kappa shape index (κ3) is 4.82. The van der Waals surface area contributed by atoms with Gasteiger partial charge in [-0.2, -0.15) is 0 Å². The Kier molecular flexibility index (Phi) is 7.80. The molecule has 0 fully saturated rings. The SMILES string of the molecule is CCC1=C(C)c2nc1cc1[nH]c(cc3[nH]c(cc4nc(c2-c2ccc(Br)cc2)C(C)=C4CC)c(CC)c3C)c(C)c1CC. The molecule has 4 aromatic rings. The first-order chi connectivity index (χ1) is 20.7. The zero-order valence-electron chi connectivity index (χ0n) is 26.6. The summed E-state index contributed by atoms with van der Waals surface area (Å²) in [5.74, 6) is 0. The fourth-order valence-corrected chi connectivity index (χ4v) is 7.32. The zero-order chi connectivity index (χ0) is 30.6. The normalized spacial score (nSPS) is 13.4. The van der Waals surface area contributed by atoms with Crippen LogP contribution in [-0.2, 0) is 12.8 Å². The molecular formula is C38H41BrN4. The van der Waals surface area contributed by atoms with Crippen molar-refractivity contribution in [1.29, 1.82) is 0 Å². The van der Waals surface area contributed by atoms with Crippen LogP contribution >= 0.6 is 15.9 Å². The predicted octanol–water partition coefficient (Wildman–Crippen LogP) is 11.2. The Hall–Kier alpha value is -3.70. The average Bonchev–Trinajstić information content (AvgIpc) is 3.66. The van der Waals surface area contributed by atoms with Gasteiger partial charge in [-0.25, -0.2) is 9.97 Å². The van der Waals surface area contributed by atoms with Crippen molar-refractivity contribution in [2.75, 3.05) is 0 Å². The first kappa shape index (κ1) is 29.4.